The Morgan fingerprint density at radius 3 is 2.67 bits per heavy atom. The Bertz CT molecular complexity index is 1150. The van der Waals surface area contributed by atoms with Gasteiger partial charge < -0.3 is 9.47 Å². The molecule has 0 radical (unpaired) electrons. The van der Waals surface area contributed by atoms with E-state index in [0.717, 1.165) is 33.9 Å². The molecule has 0 aliphatic carbocycles. The van der Waals surface area contributed by atoms with Gasteiger partial charge in [0, 0.05) is 22.6 Å². The van der Waals surface area contributed by atoms with E-state index in [1.165, 1.54) is 6.07 Å². The summed E-state index contributed by atoms with van der Waals surface area (Å²) in [7, 11) is 1.64. The first kappa shape index (κ1) is 19.4. The summed E-state index contributed by atoms with van der Waals surface area (Å²) < 4.78 is 25.8. The fourth-order valence-electron chi connectivity index (χ4n) is 3.90. The Morgan fingerprint density at radius 2 is 1.93 bits per heavy atom. The predicted molar refractivity (Wildman–Crippen MR) is 118 cm³/mol. The maximum atomic E-state index is 13.8. The molecule has 0 bridgehead atoms. The molecule has 0 fully saturated rings. The van der Waals surface area contributed by atoms with Crippen LogP contribution in [0.4, 0.5) is 4.39 Å². The van der Waals surface area contributed by atoms with E-state index in [2.05, 4.69) is 15.9 Å². The highest BCUT2D eigenvalue weighted by molar-refractivity contribution is 9.10. The third-order valence-corrected chi connectivity index (χ3v) is 6.25. The van der Waals surface area contributed by atoms with Crippen LogP contribution in [-0.2, 0) is 0 Å². The van der Waals surface area contributed by atoms with Gasteiger partial charge in [-0.25, -0.2) is 9.40 Å². The smallest absolute Gasteiger partial charge is 0.213 e. The largest absolute Gasteiger partial charge is 0.497 e. The maximum Gasteiger partial charge on any atom is 0.213 e. The lowest BCUT2D eigenvalue weighted by Gasteiger charge is -2.38. The zero-order valence-corrected chi connectivity index (χ0v) is 18.3. The number of hydrazone groups is 1. The van der Waals surface area contributed by atoms with Gasteiger partial charge in [0.15, 0.2) is 0 Å². The Balaban J connectivity index is 1.58. The number of hydrogen-bond acceptors (Lipinski definition) is 4. The summed E-state index contributed by atoms with van der Waals surface area (Å²) in [6, 6.07) is 18.3. The lowest BCUT2D eigenvalue weighted by atomic mass is 9.96. The van der Waals surface area contributed by atoms with Crippen molar-refractivity contribution in [3.8, 4) is 11.5 Å². The van der Waals surface area contributed by atoms with Crippen molar-refractivity contribution in [2.75, 3.05) is 7.11 Å². The molecule has 3 aromatic carbocycles. The number of methoxy groups -OCH3 is 1. The van der Waals surface area contributed by atoms with Crippen LogP contribution in [0.2, 0.25) is 5.02 Å². The first-order valence-electron chi connectivity index (χ1n) is 9.45. The van der Waals surface area contributed by atoms with Crippen LogP contribution < -0.4 is 9.47 Å². The predicted octanol–water partition coefficient (Wildman–Crippen LogP) is 6.49. The molecule has 0 amide bonds. The number of benzene rings is 3. The van der Waals surface area contributed by atoms with E-state index < -0.39 is 6.23 Å². The van der Waals surface area contributed by atoms with Crippen LogP contribution in [0.1, 0.15) is 35.4 Å². The fraction of sp³-hybridized carbons (Fsp3) is 0.174. The van der Waals surface area contributed by atoms with Gasteiger partial charge in [-0.2, -0.15) is 5.10 Å². The molecule has 2 atom stereocenters. The molecular weight excluding hydrogens is 471 g/mol. The molecular formula is C23H17BrClFN2O2. The van der Waals surface area contributed by atoms with E-state index in [4.69, 9.17) is 26.2 Å². The number of rotatable bonds is 3. The van der Waals surface area contributed by atoms with Gasteiger partial charge in [-0.15, -0.1) is 0 Å². The summed E-state index contributed by atoms with van der Waals surface area (Å²) in [6.07, 6.45) is 0.235. The number of ether oxygens (including phenoxy) is 2. The van der Waals surface area contributed by atoms with Crippen LogP contribution in [0.15, 0.2) is 70.2 Å². The van der Waals surface area contributed by atoms with E-state index in [-0.39, 0.29) is 11.9 Å². The molecule has 0 aromatic heterocycles. The Kier molecular flexibility index (Phi) is 4.91. The molecule has 0 saturated carbocycles. The van der Waals surface area contributed by atoms with Gasteiger partial charge in [0.05, 0.1) is 23.3 Å². The maximum absolute atomic E-state index is 13.8. The summed E-state index contributed by atoms with van der Waals surface area (Å²) in [6.45, 7) is 0. The molecule has 0 unspecified atom stereocenters. The SMILES string of the molecule is COc1ccc(C2=NN3[C@@H](C2)c2cc(Cl)ccc2O[C@H]3c2ccc(F)c(Br)c2)cc1. The summed E-state index contributed by atoms with van der Waals surface area (Å²) in [5.41, 5.74) is 3.78. The van der Waals surface area contributed by atoms with E-state index >= 15 is 0 Å². The quantitative estimate of drug-likeness (QED) is 0.423. The molecule has 30 heavy (non-hydrogen) atoms. The molecule has 3 aromatic rings. The van der Waals surface area contributed by atoms with Crippen molar-refractivity contribution in [3.05, 3.63) is 92.7 Å². The Labute approximate surface area is 187 Å². The van der Waals surface area contributed by atoms with Gasteiger partial charge >= 0.3 is 0 Å². The van der Waals surface area contributed by atoms with E-state index in [9.17, 15) is 4.39 Å². The number of fused-ring (bicyclic) bond motifs is 3. The minimum atomic E-state index is -0.476. The Hall–Kier alpha value is -2.57. The van der Waals surface area contributed by atoms with Crippen molar-refractivity contribution >= 4 is 33.2 Å². The minimum Gasteiger partial charge on any atom is -0.497 e. The van der Waals surface area contributed by atoms with Gasteiger partial charge in [0.25, 0.3) is 0 Å². The lowest BCUT2D eigenvalue weighted by Crippen LogP contribution is -2.33. The van der Waals surface area contributed by atoms with Crippen LogP contribution in [0.25, 0.3) is 0 Å². The van der Waals surface area contributed by atoms with Crippen molar-refractivity contribution in [2.45, 2.75) is 18.7 Å². The molecule has 0 saturated heterocycles. The molecule has 5 rings (SSSR count). The zero-order valence-electron chi connectivity index (χ0n) is 16.0. The first-order valence-corrected chi connectivity index (χ1v) is 10.6. The molecule has 2 aliphatic rings. The van der Waals surface area contributed by atoms with Crippen LogP contribution in [0.3, 0.4) is 0 Å². The molecule has 0 N–H and O–H groups in total. The van der Waals surface area contributed by atoms with Crippen molar-refractivity contribution in [1.29, 1.82) is 0 Å². The lowest BCUT2D eigenvalue weighted by molar-refractivity contribution is -0.0191. The van der Waals surface area contributed by atoms with E-state index in [1.807, 2.05) is 47.5 Å². The van der Waals surface area contributed by atoms with Crippen molar-refractivity contribution < 1.29 is 13.9 Å². The Morgan fingerprint density at radius 1 is 1.13 bits per heavy atom. The van der Waals surface area contributed by atoms with Gasteiger partial charge in [-0.3, -0.25) is 0 Å². The fourth-order valence-corrected chi connectivity index (χ4v) is 4.48. The van der Waals surface area contributed by atoms with Crippen molar-refractivity contribution in [1.82, 2.24) is 5.01 Å². The second-order valence-corrected chi connectivity index (χ2v) is 8.49. The second kappa shape index (κ2) is 7.60. The minimum absolute atomic E-state index is 0.0293. The average Bonchev–Trinajstić information content (AvgIpc) is 3.21. The van der Waals surface area contributed by atoms with E-state index in [1.54, 1.807) is 19.2 Å². The average molecular weight is 488 g/mol. The van der Waals surface area contributed by atoms with Crippen LogP contribution in [0, 0.1) is 5.82 Å². The molecule has 4 nitrogen and oxygen atoms in total. The van der Waals surface area contributed by atoms with Gasteiger partial charge in [-0.1, -0.05) is 17.7 Å². The topological polar surface area (TPSA) is 34.1 Å². The van der Waals surface area contributed by atoms with Crippen LogP contribution in [-0.4, -0.2) is 17.8 Å². The van der Waals surface area contributed by atoms with Crippen molar-refractivity contribution in [2.24, 2.45) is 5.10 Å². The third kappa shape index (κ3) is 3.34. The van der Waals surface area contributed by atoms with Gasteiger partial charge in [-0.05, 0) is 76.1 Å². The van der Waals surface area contributed by atoms with Gasteiger partial charge in [0.2, 0.25) is 6.23 Å². The zero-order chi connectivity index (χ0) is 20.8. The first-order chi connectivity index (χ1) is 14.5. The number of hydrogen-bond donors (Lipinski definition) is 0. The molecule has 0 spiro atoms. The third-order valence-electron chi connectivity index (χ3n) is 5.40. The molecule has 152 valence electrons. The van der Waals surface area contributed by atoms with Gasteiger partial charge in [0.1, 0.15) is 17.3 Å². The summed E-state index contributed by atoms with van der Waals surface area (Å²) in [5.74, 6) is 1.24. The van der Waals surface area contributed by atoms with E-state index in [0.29, 0.717) is 15.9 Å². The number of halogens is 3. The second-order valence-electron chi connectivity index (χ2n) is 7.20. The van der Waals surface area contributed by atoms with Crippen molar-refractivity contribution in [3.63, 3.8) is 0 Å². The molecule has 2 heterocycles. The highest BCUT2D eigenvalue weighted by Crippen LogP contribution is 2.48. The summed E-state index contributed by atoms with van der Waals surface area (Å²) in [5, 5.41) is 7.50. The normalized spacial score (nSPS) is 19.6. The summed E-state index contributed by atoms with van der Waals surface area (Å²) >= 11 is 9.55. The van der Waals surface area contributed by atoms with Crippen LogP contribution in [0.5, 0.6) is 11.5 Å². The van der Waals surface area contributed by atoms with Crippen LogP contribution >= 0.6 is 27.5 Å². The monoisotopic (exact) mass is 486 g/mol. The summed E-state index contributed by atoms with van der Waals surface area (Å²) in [4.78, 5) is 0. The molecule has 7 heteroatoms. The highest BCUT2D eigenvalue weighted by Gasteiger charge is 2.41. The highest BCUT2D eigenvalue weighted by atomic mass is 79.9. The number of nitrogens with zero attached hydrogens (tertiary/aromatic N) is 2. The molecule has 2 aliphatic heterocycles. The standard InChI is InChI=1S/C23H17BrClFN2O2/c1-29-16-6-2-13(3-7-16)20-12-21-17-11-15(25)5-9-22(17)30-23(28(21)27-20)14-4-8-19(26)18(24)10-14/h2-11,21,23H,12H2,1H3/t21-,23-/m0/s1.